The van der Waals surface area contributed by atoms with Gasteiger partial charge in [-0.15, -0.1) is 0 Å². The first-order valence-corrected chi connectivity index (χ1v) is 4.36. The molecular formula is C8H14N2O5. The standard InChI is InChI=1S/C8H14N2O5/c1-2-3-4-15-7(13)8(14,5(9)11)6(10)12/h14H,2-4H2,1H3,(H2,9,11)(H2,10,12). The highest BCUT2D eigenvalue weighted by Crippen LogP contribution is 2.06. The van der Waals surface area contributed by atoms with Crippen LogP contribution in [0.2, 0.25) is 0 Å². The Morgan fingerprint density at radius 2 is 1.73 bits per heavy atom. The smallest absolute Gasteiger partial charge is 0.358 e. The molecule has 0 aromatic carbocycles. The van der Waals surface area contributed by atoms with Crippen LogP contribution in [0.5, 0.6) is 0 Å². The highest BCUT2D eigenvalue weighted by atomic mass is 16.6. The van der Waals surface area contributed by atoms with Gasteiger partial charge in [-0.3, -0.25) is 9.59 Å². The van der Waals surface area contributed by atoms with Crippen molar-refractivity contribution >= 4 is 17.8 Å². The van der Waals surface area contributed by atoms with Crippen molar-refractivity contribution in [3.05, 3.63) is 0 Å². The van der Waals surface area contributed by atoms with E-state index in [2.05, 4.69) is 16.2 Å². The molecule has 2 amide bonds. The lowest BCUT2D eigenvalue weighted by molar-refractivity contribution is -0.173. The maximum atomic E-state index is 11.1. The molecule has 0 unspecified atom stereocenters. The van der Waals surface area contributed by atoms with Crippen LogP contribution in [0.4, 0.5) is 0 Å². The average Bonchev–Trinajstić information content (AvgIpc) is 2.15. The fourth-order valence-electron chi connectivity index (χ4n) is 0.736. The lowest BCUT2D eigenvalue weighted by atomic mass is 10.0. The van der Waals surface area contributed by atoms with Gasteiger partial charge in [-0.2, -0.15) is 0 Å². The van der Waals surface area contributed by atoms with E-state index >= 15 is 0 Å². The first kappa shape index (κ1) is 13.4. The Morgan fingerprint density at radius 1 is 1.27 bits per heavy atom. The number of carbonyl (C=O) groups is 3. The van der Waals surface area contributed by atoms with E-state index in [9.17, 15) is 19.5 Å². The lowest BCUT2D eigenvalue weighted by Gasteiger charge is -2.18. The van der Waals surface area contributed by atoms with Crippen molar-refractivity contribution in [1.82, 2.24) is 0 Å². The molecule has 0 aromatic heterocycles. The van der Waals surface area contributed by atoms with Crippen molar-refractivity contribution in [2.45, 2.75) is 25.4 Å². The zero-order valence-electron chi connectivity index (χ0n) is 8.36. The number of esters is 1. The molecule has 0 aromatic rings. The second kappa shape index (κ2) is 5.30. The molecule has 0 heterocycles. The molecule has 0 radical (unpaired) electrons. The number of ether oxygens (including phenoxy) is 1. The molecule has 7 heteroatoms. The minimum atomic E-state index is -3.08. The van der Waals surface area contributed by atoms with Crippen molar-refractivity contribution in [3.8, 4) is 0 Å². The van der Waals surface area contributed by atoms with Crippen LogP contribution in [0, 0.1) is 0 Å². The number of carbonyl (C=O) groups excluding carboxylic acids is 3. The second-order valence-electron chi connectivity index (χ2n) is 2.93. The van der Waals surface area contributed by atoms with E-state index in [4.69, 9.17) is 0 Å². The number of hydrogen-bond acceptors (Lipinski definition) is 5. The predicted octanol–water partition coefficient (Wildman–Crippen LogP) is -1.97. The molecule has 0 aliphatic heterocycles. The van der Waals surface area contributed by atoms with E-state index in [1.165, 1.54) is 0 Å². The predicted molar refractivity (Wildman–Crippen MR) is 49.2 cm³/mol. The molecule has 0 bridgehead atoms. The number of aliphatic hydroxyl groups is 1. The van der Waals surface area contributed by atoms with Gasteiger partial charge >= 0.3 is 11.6 Å². The molecular weight excluding hydrogens is 204 g/mol. The van der Waals surface area contributed by atoms with Crippen molar-refractivity contribution in [3.63, 3.8) is 0 Å². The van der Waals surface area contributed by atoms with Gasteiger partial charge in [0.05, 0.1) is 6.61 Å². The monoisotopic (exact) mass is 218 g/mol. The number of hydrogen-bond donors (Lipinski definition) is 3. The zero-order valence-corrected chi connectivity index (χ0v) is 8.36. The van der Waals surface area contributed by atoms with Crippen molar-refractivity contribution < 1.29 is 24.2 Å². The Balaban J connectivity index is 4.58. The van der Waals surface area contributed by atoms with E-state index in [1.807, 2.05) is 6.92 Å². The molecule has 0 fully saturated rings. The average molecular weight is 218 g/mol. The normalized spacial score (nSPS) is 10.8. The Bertz CT molecular complexity index is 262. The van der Waals surface area contributed by atoms with Gasteiger partial charge in [0.15, 0.2) is 0 Å². The number of unbranched alkanes of at least 4 members (excludes halogenated alkanes) is 1. The van der Waals surface area contributed by atoms with Crippen LogP contribution >= 0.6 is 0 Å². The molecule has 0 aliphatic carbocycles. The number of amides is 2. The van der Waals surface area contributed by atoms with Gasteiger partial charge in [0.25, 0.3) is 11.8 Å². The summed E-state index contributed by atoms with van der Waals surface area (Å²) in [6, 6.07) is 0. The van der Waals surface area contributed by atoms with E-state index in [0.717, 1.165) is 6.42 Å². The summed E-state index contributed by atoms with van der Waals surface area (Å²) in [5, 5.41) is 9.31. The molecule has 15 heavy (non-hydrogen) atoms. The van der Waals surface area contributed by atoms with Gasteiger partial charge in [-0.1, -0.05) is 13.3 Å². The molecule has 0 aliphatic rings. The maximum absolute atomic E-state index is 11.1. The minimum absolute atomic E-state index is 0.0157. The van der Waals surface area contributed by atoms with E-state index in [-0.39, 0.29) is 6.61 Å². The first-order valence-electron chi connectivity index (χ1n) is 4.36. The van der Waals surface area contributed by atoms with Gasteiger partial charge in [-0.25, -0.2) is 4.79 Å². The number of rotatable bonds is 6. The summed E-state index contributed by atoms with van der Waals surface area (Å²) in [6.45, 7) is 1.83. The molecule has 0 rings (SSSR count). The quantitative estimate of drug-likeness (QED) is 0.270. The summed E-state index contributed by atoms with van der Waals surface area (Å²) >= 11 is 0. The van der Waals surface area contributed by atoms with Crippen LogP contribution in [0.1, 0.15) is 19.8 Å². The zero-order chi connectivity index (χ0) is 12.1. The van der Waals surface area contributed by atoms with Gasteiger partial charge < -0.3 is 21.3 Å². The van der Waals surface area contributed by atoms with Crippen LogP contribution < -0.4 is 11.5 Å². The van der Waals surface area contributed by atoms with E-state index in [0.29, 0.717) is 6.42 Å². The minimum Gasteiger partial charge on any atom is -0.463 e. The second-order valence-corrected chi connectivity index (χ2v) is 2.93. The molecule has 0 saturated carbocycles. The molecule has 0 saturated heterocycles. The van der Waals surface area contributed by atoms with Crippen LogP contribution in [0.15, 0.2) is 0 Å². The van der Waals surface area contributed by atoms with Crippen LogP contribution in [0.3, 0.4) is 0 Å². The Labute approximate surface area is 86.4 Å². The third kappa shape index (κ3) is 2.91. The summed E-state index contributed by atoms with van der Waals surface area (Å²) in [4.78, 5) is 32.6. The summed E-state index contributed by atoms with van der Waals surface area (Å²) in [5.41, 5.74) is 6.30. The number of primary amides is 2. The SMILES string of the molecule is CCCCOC(=O)C(O)(C(N)=O)C(N)=O. The van der Waals surface area contributed by atoms with E-state index in [1.54, 1.807) is 0 Å². The molecule has 7 nitrogen and oxygen atoms in total. The Morgan fingerprint density at radius 3 is 2.07 bits per heavy atom. The third-order valence-electron chi connectivity index (χ3n) is 1.74. The first-order chi connectivity index (χ1) is 6.87. The summed E-state index contributed by atoms with van der Waals surface area (Å²) in [5.74, 6) is -4.52. The van der Waals surface area contributed by atoms with E-state index < -0.39 is 23.4 Å². The van der Waals surface area contributed by atoms with Gasteiger partial charge in [0, 0.05) is 0 Å². The van der Waals surface area contributed by atoms with Crippen LogP contribution in [-0.2, 0) is 19.1 Å². The molecule has 5 N–H and O–H groups in total. The van der Waals surface area contributed by atoms with Crippen molar-refractivity contribution in [1.29, 1.82) is 0 Å². The Hall–Kier alpha value is -1.63. The van der Waals surface area contributed by atoms with Gasteiger partial charge in [-0.05, 0) is 6.42 Å². The summed E-state index contributed by atoms with van der Waals surface area (Å²) in [7, 11) is 0. The highest BCUT2D eigenvalue weighted by molar-refractivity contribution is 6.23. The Kier molecular flexibility index (Phi) is 4.72. The fourth-order valence-corrected chi connectivity index (χ4v) is 0.736. The fraction of sp³-hybridized carbons (Fsp3) is 0.625. The largest absolute Gasteiger partial charge is 0.463 e. The summed E-state index contributed by atoms with van der Waals surface area (Å²) < 4.78 is 4.48. The highest BCUT2D eigenvalue weighted by Gasteiger charge is 2.50. The third-order valence-corrected chi connectivity index (χ3v) is 1.74. The maximum Gasteiger partial charge on any atom is 0.358 e. The topological polar surface area (TPSA) is 133 Å². The molecule has 0 spiro atoms. The van der Waals surface area contributed by atoms with Gasteiger partial charge in [0.1, 0.15) is 0 Å². The van der Waals surface area contributed by atoms with Crippen molar-refractivity contribution in [2.24, 2.45) is 11.5 Å². The van der Waals surface area contributed by atoms with Gasteiger partial charge in [0.2, 0.25) is 0 Å². The van der Waals surface area contributed by atoms with Crippen molar-refractivity contribution in [2.75, 3.05) is 6.61 Å². The summed E-state index contributed by atoms with van der Waals surface area (Å²) in [6.07, 6.45) is 1.29. The van der Waals surface area contributed by atoms with Crippen LogP contribution in [-0.4, -0.2) is 35.1 Å². The lowest BCUT2D eigenvalue weighted by Crippen LogP contribution is -2.60. The molecule has 86 valence electrons. The van der Waals surface area contributed by atoms with Crippen LogP contribution in [0.25, 0.3) is 0 Å². The number of nitrogens with two attached hydrogens (primary N) is 2. The molecule has 0 atom stereocenters.